The SMILES string of the molecule is CC(CNC(=O)N(C)CC1CC1)Cc1cccs1. The molecule has 0 saturated heterocycles. The molecule has 1 fully saturated rings. The van der Waals surface area contributed by atoms with Crippen molar-refractivity contribution in [2.45, 2.75) is 26.2 Å². The highest BCUT2D eigenvalue weighted by Gasteiger charge is 2.24. The second-order valence-corrected chi connectivity index (χ2v) is 6.43. The highest BCUT2D eigenvalue weighted by molar-refractivity contribution is 7.09. The van der Waals surface area contributed by atoms with Crippen LogP contribution in [0, 0.1) is 11.8 Å². The maximum Gasteiger partial charge on any atom is 0.317 e. The van der Waals surface area contributed by atoms with Crippen LogP contribution < -0.4 is 5.32 Å². The minimum absolute atomic E-state index is 0.0694. The third-order valence-corrected chi connectivity index (χ3v) is 4.21. The third kappa shape index (κ3) is 4.33. The van der Waals surface area contributed by atoms with Crippen LogP contribution in [0.25, 0.3) is 0 Å². The van der Waals surface area contributed by atoms with Crippen molar-refractivity contribution in [2.75, 3.05) is 20.1 Å². The van der Waals surface area contributed by atoms with Gasteiger partial charge in [-0.1, -0.05) is 13.0 Å². The van der Waals surface area contributed by atoms with E-state index in [-0.39, 0.29) is 6.03 Å². The summed E-state index contributed by atoms with van der Waals surface area (Å²) in [5, 5.41) is 5.12. The predicted molar refractivity (Wildman–Crippen MR) is 75.9 cm³/mol. The van der Waals surface area contributed by atoms with Crippen LogP contribution in [0.4, 0.5) is 4.79 Å². The summed E-state index contributed by atoms with van der Waals surface area (Å²) >= 11 is 1.79. The lowest BCUT2D eigenvalue weighted by molar-refractivity contribution is 0.205. The van der Waals surface area contributed by atoms with Crippen LogP contribution in [-0.4, -0.2) is 31.1 Å². The normalized spacial score (nSPS) is 16.3. The maximum atomic E-state index is 11.8. The van der Waals surface area contributed by atoms with E-state index in [0.29, 0.717) is 5.92 Å². The molecule has 0 aliphatic heterocycles. The fourth-order valence-corrected chi connectivity index (χ4v) is 2.88. The first-order chi connectivity index (χ1) is 8.65. The molecule has 2 rings (SSSR count). The number of rotatable bonds is 6. The van der Waals surface area contributed by atoms with Crippen molar-refractivity contribution in [1.29, 1.82) is 0 Å². The molecule has 1 aliphatic rings. The number of carbonyl (C=O) groups is 1. The molecule has 1 atom stereocenters. The van der Waals surface area contributed by atoms with Crippen LogP contribution in [0.3, 0.4) is 0 Å². The van der Waals surface area contributed by atoms with Crippen LogP contribution >= 0.6 is 11.3 Å². The van der Waals surface area contributed by atoms with Crippen molar-refractivity contribution in [3.05, 3.63) is 22.4 Å². The first-order valence-corrected chi connectivity index (χ1v) is 7.54. The van der Waals surface area contributed by atoms with E-state index in [0.717, 1.165) is 25.4 Å². The van der Waals surface area contributed by atoms with Gasteiger partial charge in [-0.15, -0.1) is 11.3 Å². The second kappa shape index (κ2) is 6.23. The highest BCUT2D eigenvalue weighted by atomic mass is 32.1. The Bertz CT molecular complexity index is 373. The van der Waals surface area contributed by atoms with Gasteiger partial charge in [-0.2, -0.15) is 0 Å². The molecular formula is C14H22N2OS. The molecule has 0 radical (unpaired) electrons. The number of nitrogens with zero attached hydrogens (tertiary/aromatic N) is 1. The standard InChI is InChI=1S/C14H22N2OS/c1-11(8-13-4-3-7-18-13)9-15-14(17)16(2)10-12-5-6-12/h3-4,7,11-12H,5-6,8-10H2,1-2H3,(H,15,17). The molecular weight excluding hydrogens is 244 g/mol. The van der Waals surface area contributed by atoms with E-state index in [2.05, 4.69) is 29.8 Å². The first kappa shape index (κ1) is 13.4. The average molecular weight is 266 g/mol. The number of urea groups is 1. The van der Waals surface area contributed by atoms with E-state index >= 15 is 0 Å². The van der Waals surface area contributed by atoms with E-state index in [9.17, 15) is 4.79 Å². The van der Waals surface area contributed by atoms with Crippen molar-refractivity contribution in [3.63, 3.8) is 0 Å². The zero-order chi connectivity index (χ0) is 13.0. The van der Waals surface area contributed by atoms with Gasteiger partial charge in [0.1, 0.15) is 0 Å². The van der Waals surface area contributed by atoms with E-state index < -0.39 is 0 Å². The molecule has 4 heteroatoms. The number of thiophene rings is 1. The smallest absolute Gasteiger partial charge is 0.317 e. The summed E-state index contributed by atoms with van der Waals surface area (Å²) in [6, 6.07) is 4.30. The molecule has 0 aromatic carbocycles. The predicted octanol–water partition coefficient (Wildman–Crippen LogP) is 2.98. The van der Waals surface area contributed by atoms with Gasteiger partial charge in [0, 0.05) is 25.0 Å². The Kier molecular flexibility index (Phi) is 4.64. The van der Waals surface area contributed by atoms with Crippen LogP contribution in [0.1, 0.15) is 24.6 Å². The Hall–Kier alpha value is -1.03. The lowest BCUT2D eigenvalue weighted by Crippen LogP contribution is -2.40. The van der Waals surface area contributed by atoms with E-state index in [1.807, 2.05) is 11.9 Å². The van der Waals surface area contributed by atoms with Crippen LogP contribution in [0.15, 0.2) is 17.5 Å². The lowest BCUT2D eigenvalue weighted by atomic mass is 10.1. The van der Waals surface area contributed by atoms with Gasteiger partial charge in [-0.3, -0.25) is 0 Å². The quantitative estimate of drug-likeness (QED) is 0.843. The average Bonchev–Trinajstić information content (AvgIpc) is 3.00. The largest absolute Gasteiger partial charge is 0.338 e. The third-order valence-electron chi connectivity index (χ3n) is 3.31. The number of nitrogens with one attached hydrogen (secondary N) is 1. The van der Waals surface area contributed by atoms with Gasteiger partial charge >= 0.3 is 6.03 Å². The summed E-state index contributed by atoms with van der Waals surface area (Å²) in [5.41, 5.74) is 0. The molecule has 100 valence electrons. The van der Waals surface area contributed by atoms with Crippen LogP contribution in [0.5, 0.6) is 0 Å². The summed E-state index contributed by atoms with van der Waals surface area (Å²) in [6.45, 7) is 3.85. The Morgan fingerprint density at radius 3 is 3.00 bits per heavy atom. The van der Waals surface area contributed by atoms with Crippen molar-refractivity contribution in [2.24, 2.45) is 11.8 Å². The molecule has 1 aromatic heterocycles. The topological polar surface area (TPSA) is 32.3 Å². The molecule has 1 N–H and O–H groups in total. The summed E-state index contributed by atoms with van der Waals surface area (Å²) in [7, 11) is 1.89. The summed E-state index contributed by atoms with van der Waals surface area (Å²) in [4.78, 5) is 15.0. The Balaban J connectivity index is 1.64. The Labute approximate surface area is 113 Å². The van der Waals surface area contributed by atoms with Gasteiger partial charge in [-0.05, 0) is 42.5 Å². The van der Waals surface area contributed by atoms with Gasteiger partial charge in [-0.25, -0.2) is 4.79 Å². The minimum atomic E-state index is 0.0694. The number of amides is 2. The van der Waals surface area contributed by atoms with Gasteiger partial charge in [0.15, 0.2) is 0 Å². The highest BCUT2D eigenvalue weighted by Crippen LogP contribution is 2.29. The number of hydrogen-bond donors (Lipinski definition) is 1. The van der Waals surface area contributed by atoms with E-state index in [1.165, 1.54) is 17.7 Å². The molecule has 1 saturated carbocycles. The van der Waals surface area contributed by atoms with Gasteiger partial charge in [0.25, 0.3) is 0 Å². The van der Waals surface area contributed by atoms with Crippen molar-refractivity contribution in [3.8, 4) is 0 Å². The minimum Gasteiger partial charge on any atom is -0.338 e. The summed E-state index contributed by atoms with van der Waals surface area (Å²) in [6.07, 6.45) is 3.61. The fraction of sp³-hybridized carbons (Fsp3) is 0.643. The van der Waals surface area contributed by atoms with Gasteiger partial charge in [0.2, 0.25) is 0 Å². The lowest BCUT2D eigenvalue weighted by Gasteiger charge is -2.19. The Morgan fingerprint density at radius 2 is 2.39 bits per heavy atom. The molecule has 3 nitrogen and oxygen atoms in total. The Morgan fingerprint density at radius 1 is 1.61 bits per heavy atom. The molecule has 1 aliphatic carbocycles. The van der Waals surface area contributed by atoms with Crippen LogP contribution in [-0.2, 0) is 6.42 Å². The summed E-state index contributed by atoms with van der Waals surface area (Å²) < 4.78 is 0. The molecule has 2 amide bonds. The van der Waals surface area contributed by atoms with Gasteiger partial charge < -0.3 is 10.2 Å². The van der Waals surface area contributed by atoms with Crippen LogP contribution in [0.2, 0.25) is 0 Å². The van der Waals surface area contributed by atoms with E-state index in [1.54, 1.807) is 11.3 Å². The van der Waals surface area contributed by atoms with Gasteiger partial charge in [0.05, 0.1) is 0 Å². The molecule has 0 spiro atoms. The molecule has 1 unspecified atom stereocenters. The molecule has 1 aromatic rings. The molecule has 0 bridgehead atoms. The van der Waals surface area contributed by atoms with E-state index in [4.69, 9.17) is 0 Å². The maximum absolute atomic E-state index is 11.8. The monoisotopic (exact) mass is 266 g/mol. The van der Waals surface area contributed by atoms with Crippen molar-refractivity contribution >= 4 is 17.4 Å². The van der Waals surface area contributed by atoms with Crippen molar-refractivity contribution in [1.82, 2.24) is 10.2 Å². The second-order valence-electron chi connectivity index (χ2n) is 5.40. The zero-order valence-electron chi connectivity index (χ0n) is 11.2. The molecule has 1 heterocycles. The summed E-state index contributed by atoms with van der Waals surface area (Å²) in [5.74, 6) is 1.24. The number of hydrogen-bond acceptors (Lipinski definition) is 2. The fourth-order valence-electron chi connectivity index (χ4n) is 2.01. The van der Waals surface area contributed by atoms with Crippen molar-refractivity contribution < 1.29 is 4.79 Å². The first-order valence-electron chi connectivity index (χ1n) is 6.66. The zero-order valence-corrected chi connectivity index (χ0v) is 12.0. The number of carbonyl (C=O) groups excluding carboxylic acids is 1. The molecule has 18 heavy (non-hydrogen) atoms.